The predicted molar refractivity (Wildman–Crippen MR) is 119 cm³/mol. The minimum Gasteiger partial charge on any atom is -0.493 e. The summed E-state index contributed by atoms with van der Waals surface area (Å²) < 4.78 is 34.6. The van der Waals surface area contributed by atoms with Crippen LogP contribution in [0.15, 0.2) is 53.6 Å². The first-order valence-corrected chi connectivity index (χ1v) is 12.0. The number of hydrazone groups is 1. The summed E-state index contributed by atoms with van der Waals surface area (Å²) in [5.74, 6) is 0.966. The molecule has 9 nitrogen and oxygen atoms in total. The third kappa shape index (κ3) is 4.91. The van der Waals surface area contributed by atoms with E-state index in [9.17, 15) is 18.0 Å². The zero-order chi connectivity index (χ0) is 22.7. The van der Waals surface area contributed by atoms with Gasteiger partial charge in [0.2, 0.25) is 5.91 Å². The summed E-state index contributed by atoms with van der Waals surface area (Å²) in [5.41, 5.74) is 0.736. The molecule has 1 atom stereocenters. The number of rotatable bonds is 6. The van der Waals surface area contributed by atoms with Crippen LogP contribution < -0.4 is 14.8 Å². The number of para-hydroxylation sites is 2. The van der Waals surface area contributed by atoms with Crippen molar-refractivity contribution < 1.29 is 27.5 Å². The fraction of sp³-hybridized carbons (Fsp3) is 0.318. The molecule has 1 saturated heterocycles. The van der Waals surface area contributed by atoms with Gasteiger partial charge in [0.15, 0.2) is 21.3 Å². The highest BCUT2D eigenvalue weighted by atomic mass is 32.2. The monoisotopic (exact) mass is 457 g/mol. The van der Waals surface area contributed by atoms with E-state index >= 15 is 0 Å². The maximum Gasteiger partial charge on any atom is 0.271 e. The molecule has 2 amide bonds. The van der Waals surface area contributed by atoms with E-state index in [1.54, 1.807) is 43.5 Å². The van der Waals surface area contributed by atoms with Crippen LogP contribution in [-0.4, -0.2) is 55.6 Å². The van der Waals surface area contributed by atoms with Crippen molar-refractivity contribution in [3.63, 3.8) is 0 Å². The van der Waals surface area contributed by atoms with Crippen molar-refractivity contribution in [2.45, 2.75) is 25.3 Å². The second-order valence-electron chi connectivity index (χ2n) is 7.57. The molecule has 168 valence electrons. The first-order chi connectivity index (χ1) is 15.3. The van der Waals surface area contributed by atoms with Gasteiger partial charge in [-0.1, -0.05) is 12.1 Å². The number of benzene rings is 2. The quantitative estimate of drug-likeness (QED) is 0.713. The molecule has 1 unspecified atom stereocenters. The highest BCUT2D eigenvalue weighted by Gasteiger charge is 2.37. The predicted octanol–water partition coefficient (Wildman–Crippen LogP) is 2.59. The van der Waals surface area contributed by atoms with E-state index in [4.69, 9.17) is 9.47 Å². The Morgan fingerprint density at radius 3 is 2.47 bits per heavy atom. The standard InChI is InChI=1S/C22H23N3O6S/c1-30-19-4-2-3-5-20(19)31-17-8-6-15(7-9-17)23-22(27)18-10-11-21(26)25(24-18)16-12-13-32(28,29)14-16/h2-9,16H,10-14H2,1H3,(H,23,27). The summed E-state index contributed by atoms with van der Waals surface area (Å²) in [6.07, 6.45) is 0.657. The van der Waals surface area contributed by atoms with Gasteiger partial charge in [0, 0.05) is 18.5 Å². The molecule has 0 aromatic heterocycles. The largest absolute Gasteiger partial charge is 0.493 e. The van der Waals surface area contributed by atoms with Gasteiger partial charge < -0.3 is 14.8 Å². The second-order valence-corrected chi connectivity index (χ2v) is 9.80. The lowest BCUT2D eigenvalue weighted by Gasteiger charge is -2.27. The van der Waals surface area contributed by atoms with E-state index in [2.05, 4.69) is 10.4 Å². The van der Waals surface area contributed by atoms with Crippen molar-refractivity contribution in [3.05, 3.63) is 48.5 Å². The number of hydrogen-bond donors (Lipinski definition) is 1. The summed E-state index contributed by atoms with van der Waals surface area (Å²) in [6.45, 7) is 0. The summed E-state index contributed by atoms with van der Waals surface area (Å²) in [4.78, 5) is 24.9. The Morgan fingerprint density at radius 2 is 1.81 bits per heavy atom. The van der Waals surface area contributed by atoms with Crippen LogP contribution in [0, 0.1) is 0 Å². The first kappa shape index (κ1) is 21.8. The molecule has 0 bridgehead atoms. The number of anilines is 1. The van der Waals surface area contributed by atoms with Crippen molar-refractivity contribution in [1.29, 1.82) is 0 Å². The maximum absolute atomic E-state index is 12.7. The van der Waals surface area contributed by atoms with Gasteiger partial charge in [-0.3, -0.25) is 9.59 Å². The van der Waals surface area contributed by atoms with Crippen molar-refractivity contribution in [3.8, 4) is 17.2 Å². The topological polar surface area (TPSA) is 114 Å². The number of methoxy groups -OCH3 is 1. The third-order valence-corrected chi connectivity index (χ3v) is 7.04. The number of amides is 2. The Morgan fingerprint density at radius 1 is 1.09 bits per heavy atom. The van der Waals surface area contributed by atoms with E-state index in [0.717, 1.165) is 0 Å². The normalized spacial score (nSPS) is 19.9. The lowest BCUT2D eigenvalue weighted by molar-refractivity contribution is -0.133. The van der Waals surface area contributed by atoms with E-state index < -0.39 is 21.8 Å². The summed E-state index contributed by atoms with van der Waals surface area (Å²) in [5, 5.41) is 8.12. The average Bonchev–Trinajstić information content (AvgIpc) is 3.15. The van der Waals surface area contributed by atoms with Crippen LogP contribution in [0.4, 0.5) is 5.69 Å². The van der Waals surface area contributed by atoms with Crippen molar-refractivity contribution in [2.75, 3.05) is 23.9 Å². The number of carbonyl (C=O) groups excluding carboxylic acids is 2. The van der Waals surface area contributed by atoms with E-state index in [1.165, 1.54) is 5.01 Å². The van der Waals surface area contributed by atoms with Crippen LogP contribution in [-0.2, 0) is 19.4 Å². The Balaban J connectivity index is 1.42. The number of carbonyl (C=O) groups is 2. The molecular formula is C22H23N3O6S. The molecule has 0 saturated carbocycles. The van der Waals surface area contributed by atoms with Gasteiger partial charge in [-0.25, -0.2) is 13.4 Å². The van der Waals surface area contributed by atoms with Crippen LogP contribution in [0.25, 0.3) is 0 Å². The molecule has 0 aliphatic carbocycles. The number of hydrogen-bond acceptors (Lipinski definition) is 7. The fourth-order valence-electron chi connectivity index (χ4n) is 3.63. The van der Waals surface area contributed by atoms with Crippen molar-refractivity contribution in [2.24, 2.45) is 5.10 Å². The van der Waals surface area contributed by atoms with Gasteiger partial charge in [-0.15, -0.1) is 0 Å². The lowest BCUT2D eigenvalue weighted by Crippen LogP contribution is -2.42. The smallest absolute Gasteiger partial charge is 0.271 e. The molecule has 1 fully saturated rings. The number of sulfone groups is 1. The highest BCUT2D eigenvalue weighted by Crippen LogP contribution is 2.31. The van der Waals surface area contributed by atoms with Gasteiger partial charge in [0.05, 0.1) is 24.7 Å². The first-order valence-electron chi connectivity index (χ1n) is 10.2. The number of nitrogens with one attached hydrogen (secondary N) is 1. The Hall–Kier alpha value is -3.40. The molecule has 1 N–H and O–H groups in total. The summed E-state index contributed by atoms with van der Waals surface area (Å²) in [7, 11) is -1.60. The Bertz CT molecular complexity index is 1160. The molecule has 2 aliphatic heterocycles. The van der Waals surface area contributed by atoms with Crippen LogP contribution in [0.3, 0.4) is 0 Å². The molecule has 0 radical (unpaired) electrons. The molecule has 2 aliphatic rings. The van der Waals surface area contributed by atoms with Crippen LogP contribution >= 0.6 is 0 Å². The molecular weight excluding hydrogens is 434 g/mol. The van der Waals surface area contributed by atoms with Gasteiger partial charge >= 0.3 is 0 Å². The Kier molecular flexibility index (Phi) is 6.13. The minimum absolute atomic E-state index is 0.0295. The van der Waals surface area contributed by atoms with Crippen molar-refractivity contribution in [1.82, 2.24) is 5.01 Å². The SMILES string of the molecule is COc1ccccc1Oc1ccc(NC(=O)C2=NN(C3CCS(=O)(=O)C3)C(=O)CC2)cc1. The lowest BCUT2D eigenvalue weighted by atomic mass is 10.1. The van der Waals surface area contributed by atoms with Gasteiger partial charge in [-0.2, -0.15) is 5.10 Å². The van der Waals surface area contributed by atoms with Gasteiger partial charge in [-0.05, 0) is 42.8 Å². The molecule has 2 aromatic carbocycles. The summed E-state index contributed by atoms with van der Waals surface area (Å²) in [6, 6.07) is 13.6. The summed E-state index contributed by atoms with van der Waals surface area (Å²) >= 11 is 0. The maximum atomic E-state index is 12.7. The molecule has 2 heterocycles. The second kappa shape index (κ2) is 8.99. The number of ether oxygens (including phenoxy) is 2. The molecule has 0 spiro atoms. The molecule has 32 heavy (non-hydrogen) atoms. The highest BCUT2D eigenvalue weighted by molar-refractivity contribution is 7.91. The Labute approximate surface area is 185 Å². The zero-order valence-electron chi connectivity index (χ0n) is 17.5. The molecule has 2 aromatic rings. The van der Waals surface area contributed by atoms with Crippen LogP contribution in [0.2, 0.25) is 0 Å². The number of nitrogens with zero attached hydrogens (tertiary/aromatic N) is 2. The van der Waals surface area contributed by atoms with Crippen LogP contribution in [0.1, 0.15) is 19.3 Å². The zero-order valence-corrected chi connectivity index (χ0v) is 18.3. The third-order valence-electron chi connectivity index (χ3n) is 5.29. The molecule has 4 rings (SSSR count). The van der Waals surface area contributed by atoms with Crippen molar-refractivity contribution >= 4 is 33.1 Å². The van der Waals surface area contributed by atoms with E-state index in [0.29, 0.717) is 29.4 Å². The van der Waals surface area contributed by atoms with Gasteiger partial charge in [0.25, 0.3) is 5.91 Å². The van der Waals surface area contributed by atoms with E-state index in [-0.39, 0.29) is 36.0 Å². The van der Waals surface area contributed by atoms with Crippen LogP contribution in [0.5, 0.6) is 17.2 Å². The van der Waals surface area contributed by atoms with E-state index in [1.807, 2.05) is 12.1 Å². The van der Waals surface area contributed by atoms with Gasteiger partial charge in [0.1, 0.15) is 11.5 Å². The fourth-order valence-corrected chi connectivity index (χ4v) is 5.32. The molecule has 10 heteroatoms. The average molecular weight is 458 g/mol. The minimum atomic E-state index is -3.17.